The fourth-order valence-electron chi connectivity index (χ4n) is 2.13. The maximum absolute atomic E-state index is 3.86. The van der Waals surface area contributed by atoms with Gasteiger partial charge in [0.2, 0.25) is 0 Å². The van der Waals surface area contributed by atoms with E-state index < -0.39 is 0 Å². The van der Waals surface area contributed by atoms with Crippen molar-refractivity contribution in [2.45, 2.75) is 51.6 Å². The lowest BCUT2D eigenvalue weighted by atomic mass is 9.98. The van der Waals surface area contributed by atoms with Gasteiger partial charge in [0.1, 0.15) is 0 Å². The highest BCUT2D eigenvalue weighted by Gasteiger charge is 2.22. The predicted octanol–water partition coefficient (Wildman–Crippen LogP) is 2.83. The third-order valence-corrected chi connectivity index (χ3v) is 3.01. The number of piperidine rings is 1. The smallest absolute Gasteiger partial charge is 0.0250 e. The van der Waals surface area contributed by atoms with E-state index in [-0.39, 0.29) is 0 Å². The Morgan fingerprint density at radius 2 is 2.33 bits per heavy atom. The number of nitrogens with zero attached hydrogens (tertiary/aromatic N) is 1. The van der Waals surface area contributed by atoms with Crippen molar-refractivity contribution in [1.29, 1.82) is 0 Å². The Morgan fingerprint density at radius 1 is 1.58 bits per heavy atom. The van der Waals surface area contributed by atoms with Gasteiger partial charge in [-0.2, -0.15) is 0 Å². The zero-order valence-corrected chi connectivity index (χ0v) is 8.42. The maximum Gasteiger partial charge on any atom is 0.0250 e. The Morgan fingerprint density at radius 3 is 2.92 bits per heavy atom. The van der Waals surface area contributed by atoms with E-state index >= 15 is 0 Å². The molecule has 0 N–H and O–H groups in total. The molecule has 0 bridgehead atoms. The van der Waals surface area contributed by atoms with E-state index in [0.717, 1.165) is 6.04 Å². The van der Waals surface area contributed by atoms with Gasteiger partial charge in [0.25, 0.3) is 0 Å². The van der Waals surface area contributed by atoms with Gasteiger partial charge in [-0.15, -0.1) is 6.58 Å². The van der Waals surface area contributed by atoms with Crippen molar-refractivity contribution in [3.05, 3.63) is 12.7 Å². The molecule has 70 valence electrons. The number of hydrogen-bond donors (Lipinski definition) is 0. The van der Waals surface area contributed by atoms with Gasteiger partial charge < -0.3 is 0 Å². The van der Waals surface area contributed by atoms with Gasteiger partial charge in [-0.1, -0.05) is 19.4 Å². The Bertz CT molecular complexity index is 142. The first kappa shape index (κ1) is 9.79. The first-order valence-electron chi connectivity index (χ1n) is 5.18. The first-order valence-corrected chi connectivity index (χ1v) is 5.18. The van der Waals surface area contributed by atoms with Crippen LogP contribution in [0.5, 0.6) is 0 Å². The predicted molar refractivity (Wildman–Crippen MR) is 54.3 cm³/mol. The molecular weight excluding hydrogens is 146 g/mol. The largest absolute Gasteiger partial charge is 0.294 e. The summed E-state index contributed by atoms with van der Waals surface area (Å²) in [4.78, 5) is 2.59. The van der Waals surface area contributed by atoms with Crippen LogP contribution in [-0.2, 0) is 0 Å². The molecular formula is C11H21N. The van der Waals surface area contributed by atoms with E-state index in [2.05, 4.69) is 31.4 Å². The van der Waals surface area contributed by atoms with Crippen LogP contribution in [0.2, 0.25) is 0 Å². The van der Waals surface area contributed by atoms with Crippen LogP contribution >= 0.6 is 0 Å². The van der Waals surface area contributed by atoms with Gasteiger partial charge in [-0.05, 0) is 32.7 Å². The minimum atomic E-state index is 0.565. The molecule has 1 heterocycles. The molecule has 0 aromatic carbocycles. The van der Waals surface area contributed by atoms with Crippen molar-refractivity contribution in [1.82, 2.24) is 4.90 Å². The molecule has 1 nitrogen and oxygen atoms in total. The fraction of sp³-hybridized carbons (Fsp3) is 0.818. The van der Waals surface area contributed by atoms with E-state index in [1.165, 1.54) is 32.2 Å². The van der Waals surface area contributed by atoms with Gasteiger partial charge in [-0.25, -0.2) is 0 Å². The molecule has 1 aliphatic rings. The van der Waals surface area contributed by atoms with Crippen LogP contribution in [-0.4, -0.2) is 23.5 Å². The third kappa shape index (κ3) is 2.10. The van der Waals surface area contributed by atoms with Gasteiger partial charge >= 0.3 is 0 Å². The van der Waals surface area contributed by atoms with E-state index in [1.807, 2.05) is 0 Å². The monoisotopic (exact) mass is 167 g/mol. The van der Waals surface area contributed by atoms with Crippen LogP contribution in [0.4, 0.5) is 0 Å². The maximum atomic E-state index is 3.86. The average molecular weight is 167 g/mol. The van der Waals surface area contributed by atoms with E-state index in [4.69, 9.17) is 0 Å². The van der Waals surface area contributed by atoms with Crippen LogP contribution < -0.4 is 0 Å². The van der Waals surface area contributed by atoms with Crippen molar-refractivity contribution >= 4 is 0 Å². The van der Waals surface area contributed by atoms with Crippen LogP contribution in [0.3, 0.4) is 0 Å². The summed E-state index contributed by atoms with van der Waals surface area (Å²) in [5.74, 6) is 0. The molecule has 2 atom stereocenters. The van der Waals surface area contributed by atoms with Gasteiger partial charge in [-0.3, -0.25) is 4.90 Å². The molecule has 2 unspecified atom stereocenters. The van der Waals surface area contributed by atoms with E-state index in [9.17, 15) is 0 Å². The molecule has 12 heavy (non-hydrogen) atoms. The van der Waals surface area contributed by atoms with Crippen molar-refractivity contribution in [2.75, 3.05) is 6.54 Å². The van der Waals surface area contributed by atoms with Gasteiger partial charge in [0.15, 0.2) is 0 Å². The normalized spacial score (nSPS) is 28.3. The summed E-state index contributed by atoms with van der Waals surface area (Å²) >= 11 is 0. The molecule has 0 aromatic rings. The second-order valence-electron chi connectivity index (χ2n) is 3.77. The molecule has 1 rings (SSSR count). The summed E-state index contributed by atoms with van der Waals surface area (Å²) in [6.07, 6.45) is 7.52. The summed E-state index contributed by atoms with van der Waals surface area (Å²) < 4.78 is 0. The van der Waals surface area contributed by atoms with Gasteiger partial charge in [0.05, 0.1) is 0 Å². The van der Waals surface area contributed by atoms with E-state index in [1.54, 1.807) is 0 Å². The molecule has 0 amide bonds. The SMILES string of the molecule is C=CC(C)N1CCCCC1CC. The van der Waals surface area contributed by atoms with Crippen LogP contribution in [0, 0.1) is 0 Å². The Balaban J connectivity index is 2.51. The quantitative estimate of drug-likeness (QED) is 0.584. The minimum absolute atomic E-state index is 0.565. The third-order valence-electron chi connectivity index (χ3n) is 3.01. The highest BCUT2D eigenvalue weighted by molar-refractivity contribution is 4.89. The summed E-state index contributed by atoms with van der Waals surface area (Å²) in [6.45, 7) is 9.67. The highest BCUT2D eigenvalue weighted by atomic mass is 15.2. The van der Waals surface area contributed by atoms with E-state index in [0.29, 0.717) is 6.04 Å². The second kappa shape index (κ2) is 4.66. The standard InChI is InChI=1S/C11H21N/c1-4-10(3)12-9-7-6-8-11(12)5-2/h4,10-11H,1,5-9H2,2-3H3. The van der Waals surface area contributed by atoms with Crippen LogP contribution in [0.25, 0.3) is 0 Å². The zero-order valence-electron chi connectivity index (χ0n) is 8.42. The minimum Gasteiger partial charge on any atom is -0.294 e. The molecule has 1 heteroatoms. The molecule has 0 spiro atoms. The van der Waals surface area contributed by atoms with Crippen LogP contribution in [0.15, 0.2) is 12.7 Å². The van der Waals surface area contributed by atoms with Crippen molar-refractivity contribution in [3.8, 4) is 0 Å². The Hall–Kier alpha value is -0.300. The lowest BCUT2D eigenvalue weighted by Crippen LogP contribution is -2.43. The van der Waals surface area contributed by atoms with Crippen molar-refractivity contribution in [2.24, 2.45) is 0 Å². The lowest BCUT2D eigenvalue weighted by molar-refractivity contribution is 0.121. The fourth-order valence-corrected chi connectivity index (χ4v) is 2.13. The molecule has 0 aromatic heterocycles. The van der Waals surface area contributed by atoms with Crippen molar-refractivity contribution in [3.63, 3.8) is 0 Å². The number of likely N-dealkylation sites (tertiary alicyclic amines) is 1. The first-order chi connectivity index (χ1) is 5.79. The highest BCUT2D eigenvalue weighted by Crippen LogP contribution is 2.21. The number of rotatable bonds is 3. The molecule has 1 fully saturated rings. The zero-order chi connectivity index (χ0) is 8.97. The Kier molecular flexibility index (Phi) is 3.80. The van der Waals surface area contributed by atoms with Crippen molar-refractivity contribution < 1.29 is 0 Å². The summed E-state index contributed by atoms with van der Waals surface area (Å²) in [7, 11) is 0. The topological polar surface area (TPSA) is 3.24 Å². The summed E-state index contributed by atoms with van der Waals surface area (Å²) in [5.41, 5.74) is 0. The molecule has 0 radical (unpaired) electrons. The summed E-state index contributed by atoms with van der Waals surface area (Å²) in [6, 6.07) is 1.38. The average Bonchev–Trinajstić information content (AvgIpc) is 2.16. The van der Waals surface area contributed by atoms with Gasteiger partial charge in [0, 0.05) is 12.1 Å². The van der Waals surface area contributed by atoms with Crippen LogP contribution in [0.1, 0.15) is 39.5 Å². The number of hydrogen-bond acceptors (Lipinski definition) is 1. The summed E-state index contributed by atoms with van der Waals surface area (Å²) in [5, 5.41) is 0. The lowest BCUT2D eigenvalue weighted by Gasteiger charge is -2.38. The molecule has 0 saturated carbocycles. The Labute approximate surface area is 76.5 Å². The molecule has 1 saturated heterocycles. The molecule has 0 aliphatic carbocycles. The molecule has 1 aliphatic heterocycles. The second-order valence-corrected chi connectivity index (χ2v) is 3.77.